The summed E-state index contributed by atoms with van der Waals surface area (Å²) in [4.78, 5) is 16.0. The van der Waals surface area contributed by atoms with Crippen LogP contribution in [0.5, 0.6) is 11.5 Å². The van der Waals surface area contributed by atoms with Crippen LogP contribution in [0.2, 0.25) is 5.02 Å². The van der Waals surface area contributed by atoms with Crippen LogP contribution in [-0.4, -0.2) is 53.3 Å². The zero-order valence-electron chi connectivity index (χ0n) is 19.7. The molecule has 0 amide bonds. The van der Waals surface area contributed by atoms with Crippen LogP contribution >= 0.6 is 11.6 Å². The highest BCUT2D eigenvalue weighted by atomic mass is 35.5. The van der Waals surface area contributed by atoms with E-state index in [4.69, 9.17) is 16.3 Å². The van der Waals surface area contributed by atoms with E-state index in [1.807, 2.05) is 30.7 Å². The minimum atomic E-state index is -0.0692. The van der Waals surface area contributed by atoms with E-state index >= 15 is 0 Å². The van der Waals surface area contributed by atoms with Crippen molar-refractivity contribution in [3.63, 3.8) is 0 Å². The number of pyridine rings is 1. The number of halogens is 1. The zero-order valence-corrected chi connectivity index (χ0v) is 20.4. The first-order chi connectivity index (χ1) is 17.1. The second kappa shape index (κ2) is 9.93. The van der Waals surface area contributed by atoms with E-state index < -0.39 is 0 Å². The molecule has 1 aliphatic heterocycles. The number of phenolic OH excluding ortho intramolecular Hbond substituents is 1. The third kappa shape index (κ3) is 4.67. The van der Waals surface area contributed by atoms with Gasteiger partial charge in [-0.1, -0.05) is 24.6 Å². The first-order valence-corrected chi connectivity index (χ1v) is 12.0. The number of nitrogens with zero attached hydrogens (tertiary/aromatic N) is 4. The van der Waals surface area contributed by atoms with E-state index in [0.29, 0.717) is 5.75 Å². The number of hydrogen-bond acceptors (Lipinski definition) is 8. The number of ether oxygens (including phenoxy) is 1. The number of aromatic hydroxyl groups is 1. The fourth-order valence-electron chi connectivity index (χ4n) is 4.28. The largest absolute Gasteiger partial charge is 0.503 e. The summed E-state index contributed by atoms with van der Waals surface area (Å²) in [5, 5.41) is 18.2. The molecule has 0 radical (unpaired) electrons. The van der Waals surface area contributed by atoms with Crippen molar-refractivity contribution in [2.24, 2.45) is 0 Å². The summed E-state index contributed by atoms with van der Waals surface area (Å²) in [5.74, 6) is 1.00. The van der Waals surface area contributed by atoms with Gasteiger partial charge in [-0.2, -0.15) is 0 Å². The Labute approximate surface area is 209 Å². The van der Waals surface area contributed by atoms with Crippen molar-refractivity contribution >= 4 is 39.8 Å². The van der Waals surface area contributed by atoms with Gasteiger partial charge in [0.25, 0.3) is 0 Å². The van der Waals surface area contributed by atoms with Crippen LogP contribution in [0.15, 0.2) is 48.9 Å². The van der Waals surface area contributed by atoms with E-state index in [1.165, 1.54) is 7.11 Å². The molecule has 3 N–H and O–H groups in total. The molecule has 0 unspecified atom stereocenters. The van der Waals surface area contributed by atoms with Gasteiger partial charge in [-0.25, -0.2) is 9.97 Å². The molecule has 5 rings (SSSR count). The number of fused-ring (bicyclic) bond motifs is 1. The highest BCUT2D eigenvalue weighted by molar-refractivity contribution is 6.32. The third-order valence-electron chi connectivity index (χ3n) is 6.22. The SMILES string of the molecule is CCc1cnc2ccc(-c3cc(Cl)c(O)c(OC)c3)cc2c1Nc1cnc(N2CCNCC2)nc1. The minimum Gasteiger partial charge on any atom is -0.503 e. The lowest BCUT2D eigenvalue weighted by atomic mass is 10.00. The van der Waals surface area contributed by atoms with E-state index in [2.05, 4.69) is 43.5 Å². The summed E-state index contributed by atoms with van der Waals surface area (Å²) >= 11 is 6.25. The summed E-state index contributed by atoms with van der Waals surface area (Å²) < 4.78 is 5.29. The normalized spacial score (nSPS) is 13.7. The molecule has 35 heavy (non-hydrogen) atoms. The molecule has 1 aliphatic rings. The smallest absolute Gasteiger partial charge is 0.225 e. The summed E-state index contributed by atoms with van der Waals surface area (Å²) in [6.07, 6.45) is 6.36. The molecule has 3 heterocycles. The lowest BCUT2D eigenvalue weighted by Crippen LogP contribution is -2.44. The first kappa shape index (κ1) is 23.1. The van der Waals surface area contributed by atoms with Gasteiger partial charge in [-0.05, 0) is 47.4 Å². The highest BCUT2D eigenvalue weighted by Crippen LogP contribution is 2.40. The molecule has 8 nitrogen and oxygen atoms in total. The Balaban J connectivity index is 1.53. The van der Waals surface area contributed by atoms with Gasteiger partial charge in [-0.3, -0.25) is 4.98 Å². The van der Waals surface area contributed by atoms with Gasteiger partial charge in [0.2, 0.25) is 5.95 Å². The topological polar surface area (TPSA) is 95.4 Å². The second-order valence-corrected chi connectivity index (χ2v) is 8.79. The molecule has 9 heteroatoms. The van der Waals surface area contributed by atoms with Crippen LogP contribution in [0, 0.1) is 0 Å². The summed E-state index contributed by atoms with van der Waals surface area (Å²) in [6, 6.07) is 9.54. The van der Waals surface area contributed by atoms with Gasteiger partial charge < -0.3 is 25.4 Å². The average molecular weight is 491 g/mol. The number of phenols is 1. The second-order valence-electron chi connectivity index (χ2n) is 8.39. The number of rotatable bonds is 6. The zero-order chi connectivity index (χ0) is 24.4. The van der Waals surface area contributed by atoms with Crippen LogP contribution in [0.25, 0.3) is 22.0 Å². The Hall–Kier alpha value is -3.62. The van der Waals surface area contributed by atoms with Gasteiger partial charge in [0.15, 0.2) is 11.5 Å². The molecule has 2 aromatic heterocycles. The molecular formula is C26H27ClN6O2. The first-order valence-electron chi connectivity index (χ1n) is 11.6. The van der Waals surface area contributed by atoms with Crippen LogP contribution in [-0.2, 0) is 6.42 Å². The monoisotopic (exact) mass is 490 g/mol. The van der Waals surface area contributed by atoms with Crippen LogP contribution in [0.4, 0.5) is 17.3 Å². The Morgan fingerprint density at radius 3 is 2.54 bits per heavy atom. The highest BCUT2D eigenvalue weighted by Gasteiger charge is 2.15. The summed E-state index contributed by atoms with van der Waals surface area (Å²) in [5.41, 5.74) is 5.50. The van der Waals surface area contributed by atoms with Crippen molar-refractivity contribution in [3.8, 4) is 22.6 Å². The van der Waals surface area contributed by atoms with Crippen molar-refractivity contribution in [1.82, 2.24) is 20.3 Å². The Bertz CT molecular complexity index is 1360. The van der Waals surface area contributed by atoms with Gasteiger partial charge >= 0.3 is 0 Å². The lowest BCUT2D eigenvalue weighted by Gasteiger charge is -2.27. The van der Waals surface area contributed by atoms with Crippen molar-refractivity contribution in [2.75, 3.05) is 43.5 Å². The molecule has 0 saturated carbocycles. The molecule has 0 aliphatic carbocycles. The Morgan fingerprint density at radius 1 is 1.06 bits per heavy atom. The van der Waals surface area contributed by atoms with E-state index in [-0.39, 0.29) is 10.8 Å². The minimum absolute atomic E-state index is 0.0692. The quantitative estimate of drug-likeness (QED) is 0.355. The Morgan fingerprint density at radius 2 is 1.83 bits per heavy atom. The molecule has 1 fully saturated rings. The fourth-order valence-corrected chi connectivity index (χ4v) is 4.49. The Kier molecular flexibility index (Phi) is 6.57. The molecule has 180 valence electrons. The van der Waals surface area contributed by atoms with Crippen molar-refractivity contribution < 1.29 is 9.84 Å². The van der Waals surface area contributed by atoms with E-state index in [9.17, 15) is 5.11 Å². The van der Waals surface area contributed by atoms with Crippen molar-refractivity contribution in [1.29, 1.82) is 0 Å². The fraction of sp³-hybridized carbons (Fsp3) is 0.269. The number of hydrogen-bond donors (Lipinski definition) is 3. The number of piperazine rings is 1. The number of benzene rings is 2. The number of anilines is 3. The maximum absolute atomic E-state index is 10.1. The molecule has 2 aromatic carbocycles. The molecular weight excluding hydrogens is 464 g/mol. The lowest BCUT2D eigenvalue weighted by molar-refractivity contribution is 0.374. The van der Waals surface area contributed by atoms with Crippen molar-refractivity contribution in [3.05, 3.63) is 59.5 Å². The van der Waals surface area contributed by atoms with Gasteiger partial charge in [0.05, 0.1) is 41.4 Å². The average Bonchev–Trinajstić information content (AvgIpc) is 2.91. The van der Waals surface area contributed by atoms with Crippen LogP contribution in [0.1, 0.15) is 12.5 Å². The summed E-state index contributed by atoms with van der Waals surface area (Å²) in [7, 11) is 1.50. The summed E-state index contributed by atoms with van der Waals surface area (Å²) in [6.45, 7) is 5.78. The molecule has 0 spiro atoms. The maximum Gasteiger partial charge on any atom is 0.225 e. The van der Waals surface area contributed by atoms with Gasteiger partial charge in [0.1, 0.15) is 0 Å². The predicted molar refractivity (Wildman–Crippen MR) is 140 cm³/mol. The van der Waals surface area contributed by atoms with E-state index in [0.717, 1.165) is 77.5 Å². The maximum atomic E-state index is 10.1. The molecule has 1 saturated heterocycles. The number of nitrogens with one attached hydrogen (secondary N) is 2. The van der Waals surface area contributed by atoms with Crippen molar-refractivity contribution in [2.45, 2.75) is 13.3 Å². The molecule has 0 atom stereocenters. The van der Waals surface area contributed by atoms with E-state index in [1.54, 1.807) is 12.1 Å². The van der Waals surface area contributed by atoms with Gasteiger partial charge in [-0.15, -0.1) is 0 Å². The molecule has 4 aromatic rings. The van der Waals surface area contributed by atoms with Crippen LogP contribution < -0.4 is 20.3 Å². The van der Waals surface area contributed by atoms with Crippen LogP contribution in [0.3, 0.4) is 0 Å². The molecule has 0 bridgehead atoms. The number of methoxy groups -OCH3 is 1. The van der Waals surface area contributed by atoms with Gasteiger partial charge in [0, 0.05) is 37.8 Å². The number of aromatic nitrogens is 3. The standard InChI is InChI=1S/C26H27ClN6O2/c1-3-16-13-29-22-5-4-17(18-11-21(27)25(34)23(12-18)35-2)10-20(22)24(16)32-19-14-30-26(31-15-19)33-8-6-28-7-9-33/h4-5,10-15,28,34H,3,6-9H2,1-2H3,(H,29,32). The predicted octanol–water partition coefficient (Wildman–Crippen LogP) is 4.78. The number of aryl methyl sites for hydroxylation is 1. The third-order valence-corrected chi connectivity index (χ3v) is 6.50.